The fraction of sp³-hybridized carbons (Fsp3) is 0.923. The number of hydrogen-bond acceptors (Lipinski definition) is 4. The third-order valence-corrected chi connectivity index (χ3v) is 3.01. The van der Waals surface area contributed by atoms with Crippen LogP contribution in [0.5, 0.6) is 0 Å². The third-order valence-electron chi connectivity index (χ3n) is 3.01. The number of carbonyl (C=O) groups excluding carboxylic acids is 1. The topological polar surface area (TPSA) is 53.0 Å². The molecule has 0 radical (unpaired) electrons. The number of aliphatic hydroxyl groups excluding tert-OH is 1. The molecule has 18 heavy (non-hydrogen) atoms. The summed E-state index contributed by atoms with van der Waals surface area (Å²) in [5.41, 5.74) is 0. The predicted octanol–water partition coefficient (Wildman–Crippen LogP) is 0.576. The van der Waals surface area contributed by atoms with Gasteiger partial charge in [0.25, 0.3) is 0 Å². The van der Waals surface area contributed by atoms with Gasteiger partial charge in [0.05, 0.1) is 13.2 Å². The Morgan fingerprint density at radius 1 is 1.17 bits per heavy atom. The summed E-state index contributed by atoms with van der Waals surface area (Å²) < 4.78 is 5.02. The lowest BCUT2D eigenvalue weighted by Crippen LogP contribution is -2.33. The third kappa shape index (κ3) is 7.63. The van der Waals surface area contributed by atoms with Crippen molar-refractivity contribution in [3.63, 3.8) is 0 Å². The summed E-state index contributed by atoms with van der Waals surface area (Å²) in [7, 11) is 1.67. The Labute approximate surface area is 111 Å². The summed E-state index contributed by atoms with van der Waals surface area (Å²) in [5, 5.41) is 8.95. The molecule has 0 aromatic heterocycles. The molecular formula is C13H28N2O3. The van der Waals surface area contributed by atoms with E-state index in [0.29, 0.717) is 19.6 Å². The van der Waals surface area contributed by atoms with Gasteiger partial charge in [-0.05, 0) is 26.8 Å². The lowest BCUT2D eigenvalue weighted by Gasteiger charge is -2.22. The first-order chi connectivity index (χ1) is 8.69. The van der Waals surface area contributed by atoms with Crippen LogP contribution < -0.4 is 0 Å². The molecule has 0 aromatic rings. The van der Waals surface area contributed by atoms with Crippen molar-refractivity contribution in [2.24, 2.45) is 0 Å². The SMILES string of the molecule is CCN(CC)C(=O)CCCN(CCO)CCOC. The number of aliphatic hydroxyl groups is 1. The zero-order chi connectivity index (χ0) is 13.8. The molecule has 0 spiro atoms. The van der Waals surface area contributed by atoms with Crippen molar-refractivity contribution in [3.8, 4) is 0 Å². The van der Waals surface area contributed by atoms with E-state index in [4.69, 9.17) is 9.84 Å². The normalized spacial score (nSPS) is 10.9. The van der Waals surface area contributed by atoms with Crippen molar-refractivity contribution < 1.29 is 14.6 Å². The summed E-state index contributed by atoms with van der Waals surface area (Å²) >= 11 is 0. The van der Waals surface area contributed by atoms with Gasteiger partial charge in [0.2, 0.25) is 5.91 Å². The van der Waals surface area contributed by atoms with E-state index in [1.807, 2.05) is 18.7 Å². The number of ether oxygens (including phenoxy) is 1. The van der Waals surface area contributed by atoms with Gasteiger partial charge in [0.15, 0.2) is 0 Å². The van der Waals surface area contributed by atoms with Gasteiger partial charge in [-0.1, -0.05) is 0 Å². The number of amides is 1. The molecular weight excluding hydrogens is 232 g/mol. The average molecular weight is 260 g/mol. The fourth-order valence-corrected chi connectivity index (χ4v) is 1.89. The lowest BCUT2D eigenvalue weighted by atomic mass is 10.2. The lowest BCUT2D eigenvalue weighted by molar-refractivity contribution is -0.131. The van der Waals surface area contributed by atoms with Gasteiger partial charge in [0.1, 0.15) is 0 Å². The van der Waals surface area contributed by atoms with Gasteiger partial charge in [-0.2, -0.15) is 0 Å². The maximum atomic E-state index is 11.8. The smallest absolute Gasteiger partial charge is 0.222 e. The minimum absolute atomic E-state index is 0.147. The molecule has 0 atom stereocenters. The van der Waals surface area contributed by atoms with E-state index in [9.17, 15) is 4.79 Å². The number of nitrogens with zero attached hydrogens (tertiary/aromatic N) is 2. The standard InChI is InChI=1S/C13H28N2O3/c1-4-15(5-2)13(17)7-6-8-14(9-11-16)10-12-18-3/h16H,4-12H2,1-3H3. The van der Waals surface area contributed by atoms with Gasteiger partial charge in [-0.3, -0.25) is 9.69 Å². The molecule has 108 valence electrons. The van der Waals surface area contributed by atoms with Gasteiger partial charge < -0.3 is 14.7 Å². The van der Waals surface area contributed by atoms with Crippen LogP contribution in [-0.4, -0.2) is 73.9 Å². The maximum Gasteiger partial charge on any atom is 0.222 e. The minimum atomic E-state index is 0.147. The molecule has 0 bridgehead atoms. The van der Waals surface area contributed by atoms with Gasteiger partial charge >= 0.3 is 0 Å². The highest BCUT2D eigenvalue weighted by Gasteiger charge is 2.10. The molecule has 0 unspecified atom stereocenters. The van der Waals surface area contributed by atoms with Crippen molar-refractivity contribution in [3.05, 3.63) is 0 Å². The number of methoxy groups -OCH3 is 1. The van der Waals surface area contributed by atoms with Gasteiger partial charge in [0, 0.05) is 39.7 Å². The van der Waals surface area contributed by atoms with E-state index >= 15 is 0 Å². The van der Waals surface area contributed by atoms with Crippen molar-refractivity contribution in [2.45, 2.75) is 26.7 Å². The zero-order valence-electron chi connectivity index (χ0n) is 12.0. The minimum Gasteiger partial charge on any atom is -0.395 e. The summed E-state index contributed by atoms with van der Waals surface area (Å²) in [4.78, 5) is 15.8. The summed E-state index contributed by atoms with van der Waals surface area (Å²) in [6.07, 6.45) is 1.41. The Balaban J connectivity index is 3.86. The maximum absolute atomic E-state index is 11.8. The summed E-state index contributed by atoms with van der Waals surface area (Å²) in [5.74, 6) is 0.218. The molecule has 0 saturated heterocycles. The second-order valence-electron chi connectivity index (χ2n) is 4.23. The highest BCUT2D eigenvalue weighted by molar-refractivity contribution is 5.76. The van der Waals surface area contributed by atoms with Crippen LogP contribution >= 0.6 is 0 Å². The van der Waals surface area contributed by atoms with E-state index < -0.39 is 0 Å². The van der Waals surface area contributed by atoms with Crippen LogP contribution in [0.25, 0.3) is 0 Å². The van der Waals surface area contributed by atoms with E-state index in [1.54, 1.807) is 7.11 Å². The highest BCUT2D eigenvalue weighted by Crippen LogP contribution is 2.00. The van der Waals surface area contributed by atoms with Crippen LogP contribution in [0.2, 0.25) is 0 Å². The molecule has 0 aliphatic carbocycles. The molecule has 0 aromatic carbocycles. The molecule has 5 heteroatoms. The number of carbonyl (C=O) groups is 1. The van der Waals surface area contributed by atoms with Crippen molar-refractivity contribution in [1.82, 2.24) is 9.80 Å². The molecule has 0 heterocycles. The molecule has 1 N–H and O–H groups in total. The monoisotopic (exact) mass is 260 g/mol. The molecule has 5 nitrogen and oxygen atoms in total. The first-order valence-electron chi connectivity index (χ1n) is 6.79. The quantitative estimate of drug-likeness (QED) is 0.590. The van der Waals surface area contributed by atoms with Crippen LogP contribution in [0.15, 0.2) is 0 Å². The van der Waals surface area contributed by atoms with Gasteiger partial charge in [-0.25, -0.2) is 0 Å². The summed E-state index contributed by atoms with van der Waals surface area (Å²) in [6.45, 7) is 8.63. The Kier molecular flexibility index (Phi) is 11.0. The molecule has 0 saturated carbocycles. The fourth-order valence-electron chi connectivity index (χ4n) is 1.89. The Morgan fingerprint density at radius 2 is 1.83 bits per heavy atom. The molecule has 1 amide bonds. The van der Waals surface area contributed by atoms with Crippen molar-refractivity contribution >= 4 is 5.91 Å². The van der Waals surface area contributed by atoms with Crippen LogP contribution in [0.1, 0.15) is 26.7 Å². The molecule has 0 fully saturated rings. The van der Waals surface area contributed by atoms with Crippen molar-refractivity contribution in [2.75, 3.05) is 53.0 Å². The van der Waals surface area contributed by atoms with E-state index in [2.05, 4.69) is 4.90 Å². The Hall–Kier alpha value is -0.650. The second kappa shape index (κ2) is 11.4. The van der Waals surface area contributed by atoms with Crippen LogP contribution in [-0.2, 0) is 9.53 Å². The van der Waals surface area contributed by atoms with Crippen LogP contribution in [0.4, 0.5) is 0 Å². The predicted molar refractivity (Wildman–Crippen MR) is 72.6 cm³/mol. The van der Waals surface area contributed by atoms with Gasteiger partial charge in [-0.15, -0.1) is 0 Å². The average Bonchev–Trinajstić information content (AvgIpc) is 2.37. The van der Waals surface area contributed by atoms with Crippen molar-refractivity contribution in [1.29, 1.82) is 0 Å². The summed E-state index contributed by atoms with van der Waals surface area (Å²) in [6, 6.07) is 0. The number of hydrogen-bond donors (Lipinski definition) is 1. The largest absolute Gasteiger partial charge is 0.395 e. The zero-order valence-corrected chi connectivity index (χ0v) is 12.0. The van der Waals surface area contributed by atoms with E-state index in [1.165, 1.54) is 0 Å². The van der Waals surface area contributed by atoms with Crippen LogP contribution in [0.3, 0.4) is 0 Å². The highest BCUT2D eigenvalue weighted by atomic mass is 16.5. The van der Waals surface area contributed by atoms with Crippen LogP contribution in [0, 0.1) is 0 Å². The Bertz CT molecular complexity index is 208. The van der Waals surface area contributed by atoms with E-state index in [-0.39, 0.29) is 12.5 Å². The Morgan fingerprint density at radius 3 is 2.33 bits per heavy atom. The first-order valence-corrected chi connectivity index (χ1v) is 6.79. The van der Waals surface area contributed by atoms with E-state index in [0.717, 1.165) is 32.6 Å². The molecule has 0 rings (SSSR count). The number of rotatable bonds is 11. The molecule has 0 aliphatic rings. The first kappa shape index (κ1) is 17.4. The second-order valence-corrected chi connectivity index (χ2v) is 4.23. The molecule has 0 aliphatic heterocycles.